The average molecular weight is 528 g/mol. The quantitative estimate of drug-likeness (QED) is 0.365. The van der Waals surface area contributed by atoms with Gasteiger partial charge in [0, 0.05) is 43.2 Å². The monoisotopic (exact) mass is 527 g/mol. The molecule has 2 aromatic carbocycles. The van der Waals surface area contributed by atoms with Crippen LogP contribution in [0.2, 0.25) is 0 Å². The highest BCUT2D eigenvalue weighted by atomic mass is 16.5. The van der Waals surface area contributed by atoms with Gasteiger partial charge in [0.05, 0.1) is 22.5 Å². The highest BCUT2D eigenvalue weighted by molar-refractivity contribution is 6.06. The molecule has 1 aliphatic rings. The number of ether oxygens (including phenoxy) is 1. The molecule has 0 spiro atoms. The number of pyridine rings is 1. The van der Waals surface area contributed by atoms with Gasteiger partial charge in [0.1, 0.15) is 5.69 Å². The van der Waals surface area contributed by atoms with Crippen molar-refractivity contribution in [3.63, 3.8) is 0 Å². The molecule has 2 aromatic heterocycles. The summed E-state index contributed by atoms with van der Waals surface area (Å²) in [5.41, 5.74) is 3.99. The largest absolute Gasteiger partial charge is 0.449 e. The van der Waals surface area contributed by atoms with E-state index in [4.69, 9.17) is 9.72 Å². The van der Waals surface area contributed by atoms with Crippen LogP contribution < -0.4 is 10.9 Å². The van der Waals surface area contributed by atoms with Gasteiger partial charge in [-0.25, -0.2) is 9.48 Å². The number of fused-ring (bicyclic) bond motifs is 2. The van der Waals surface area contributed by atoms with Crippen LogP contribution in [0.4, 0.5) is 5.69 Å². The summed E-state index contributed by atoms with van der Waals surface area (Å²) in [5.74, 6) is -1.15. The lowest BCUT2D eigenvalue weighted by molar-refractivity contribution is -0.123. The van der Waals surface area contributed by atoms with Gasteiger partial charge in [-0.1, -0.05) is 43.3 Å². The lowest BCUT2D eigenvalue weighted by atomic mass is 9.95. The molecular weight excluding hydrogens is 494 g/mol. The predicted octanol–water partition coefficient (Wildman–Crippen LogP) is 3.98. The second-order valence-corrected chi connectivity index (χ2v) is 9.93. The number of hydrogen-bond acceptors (Lipinski definition) is 6. The van der Waals surface area contributed by atoms with Crippen molar-refractivity contribution in [1.82, 2.24) is 19.2 Å². The summed E-state index contributed by atoms with van der Waals surface area (Å²) in [6.07, 6.45) is 0.634. The van der Waals surface area contributed by atoms with Gasteiger partial charge in [-0.15, -0.1) is 0 Å². The van der Waals surface area contributed by atoms with E-state index >= 15 is 0 Å². The highest BCUT2D eigenvalue weighted by Crippen LogP contribution is 2.29. The number of nitrogens with one attached hydrogen (secondary N) is 1. The van der Waals surface area contributed by atoms with Crippen LogP contribution in [0.15, 0.2) is 59.4 Å². The first kappa shape index (κ1) is 26.4. The molecule has 0 bridgehead atoms. The van der Waals surface area contributed by atoms with E-state index < -0.39 is 18.0 Å². The number of hydrogen-bond donors (Lipinski definition) is 1. The topological polar surface area (TPSA) is 98.5 Å². The van der Waals surface area contributed by atoms with E-state index in [9.17, 15) is 14.4 Å². The maximum Gasteiger partial charge on any atom is 0.339 e. The number of anilines is 1. The van der Waals surface area contributed by atoms with E-state index in [1.54, 1.807) is 18.7 Å². The van der Waals surface area contributed by atoms with Crippen molar-refractivity contribution in [1.29, 1.82) is 0 Å². The van der Waals surface area contributed by atoms with E-state index in [0.717, 1.165) is 42.7 Å². The van der Waals surface area contributed by atoms with Crippen LogP contribution in [0.5, 0.6) is 0 Å². The van der Waals surface area contributed by atoms with Crippen LogP contribution in [0.3, 0.4) is 0 Å². The van der Waals surface area contributed by atoms with Crippen LogP contribution in [0.1, 0.15) is 47.6 Å². The predicted molar refractivity (Wildman–Crippen MR) is 150 cm³/mol. The molecule has 1 amide bonds. The summed E-state index contributed by atoms with van der Waals surface area (Å²) in [6.45, 7) is 7.82. The Morgan fingerprint density at radius 2 is 1.82 bits per heavy atom. The van der Waals surface area contributed by atoms with Crippen molar-refractivity contribution in [2.75, 3.05) is 18.4 Å². The smallest absolute Gasteiger partial charge is 0.339 e. The minimum Gasteiger partial charge on any atom is -0.449 e. The van der Waals surface area contributed by atoms with Gasteiger partial charge >= 0.3 is 5.97 Å². The normalized spacial score (nSPS) is 14.2. The molecule has 3 heterocycles. The Kier molecular flexibility index (Phi) is 7.34. The Morgan fingerprint density at radius 3 is 2.56 bits per heavy atom. The second kappa shape index (κ2) is 10.9. The number of carbonyl (C=O) groups is 2. The van der Waals surface area contributed by atoms with Crippen molar-refractivity contribution in [2.45, 2.75) is 46.3 Å². The first-order valence-corrected chi connectivity index (χ1v) is 13.3. The molecule has 5 rings (SSSR count). The van der Waals surface area contributed by atoms with Crippen LogP contribution in [0.25, 0.3) is 16.6 Å². The molecule has 202 valence electrons. The van der Waals surface area contributed by atoms with Crippen molar-refractivity contribution in [3.8, 4) is 5.69 Å². The zero-order chi connectivity index (χ0) is 27.7. The molecule has 0 saturated heterocycles. The fourth-order valence-electron chi connectivity index (χ4n) is 5.20. The second-order valence-electron chi connectivity index (χ2n) is 9.93. The van der Waals surface area contributed by atoms with E-state index in [-0.39, 0.29) is 11.2 Å². The molecule has 0 saturated carbocycles. The molecule has 0 radical (unpaired) electrons. The standard InChI is InChI=1S/C30H33N5O4/c1-5-16-34-17-15-25-23(18-34)26(22-13-9-10-14-24(22)31-25)30(38)39-20(3)28(36)32-27-19(2)33(4)35(29(27)37)21-11-7-6-8-12-21/h6-14,20H,5,15-18H2,1-4H3,(H,32,36). The summed E-state index contributed by atoms with van der Waals surface area (Å²) in [7, 11) is 1.75. The molecule has 39 heavy (non-hydrogen) atoms. The summed E-state index contributed by atoms with van der Waals surface area (Å²) in [5, 5.41) is 3.40. The van der Waals surface area contributed by atoms with Crippen molar-refractivity contribution < 1.29 is 14.3 Å². The zero-order valence-corrected chi connectivity index (χ0v) is 22.7. The fraction of sp³-hybridized carbons (Fsp3) is 0.333. The Bertz CT molecular complexity index is 1610. The van der Waals surface area contributed by atoms with E-state index in [1.165, 1.54) is 11.6 Å². The Hall–Kier alpha value is -4.24. The Balaban J connectivity index is 1.41. The fourth-order valence-corrected chi connectivity index (χ4v) is 5.20. The number of aromatic nitrogens is 3. The maximum absolute atomic E-state index is 13.6. The molecule has 1 atom stereocenters. The van der Waals surface area contributed by atoms with Gasteiger partial charge in [-0.2, -0.15) is 0 Å². The SMILES string of the molecule is CCCN1CCc2nc3ccccc3c(C(=O)OC(C)C(=O)Nc3c(C)n(C)n(-c4ccccc4)c3=O)c2C1. The number of nitrogens with zero attached hydrogens (tertiary/aromatic N) is 4. The number of amides is 1. The summed E-state index contributed by atoms with van der Waals surface area (Å²) in [4.78, 5) is 47.1. The van der Waals surface area contributed by atoms with Crippen molar-refractivity contribution in [3.05, 3.63) is 87.5 Å². The number of esters is 1. The first-order valence-electron chi connectivity index (χ1n) is 13.3. The summed E-state index contributed by atoms with van der Waals surface area (Å²) in [6, 6.07) is 16.7. The van der Waals surface area contributed by atoms with Crippen LogP contribution >= 0.6 is 0 Å². The van der Waals surface area contributed by atoms with Crippen LogP contribution in [-0.2, 0) is 29.5 Å². The Labute approximate surface area is 227 Å². The van der Waals surface area contributed by atoms with Crippen LogP contribution in [0, 0.1) is 6.92 Å². The molecule has 9 nitrogen and oxygen atoms in total. The Morgan fingerprint density at radius 1 is 1.10 bits per heavy atom. The van der Waals surface area contributed by atoms with Crippen LogP contribution in [-0.4, -0.2) is 50.3 Å². The summed E-state index contributed by atoms with van der Waals surface area (Å²) < 4.78 is 8.90. The van der Waals surface area contributed by atoms with E-state index in [0.29, 0.717) is 28.9 Å². The highest BCUT2D eigenvalue weighted by Gasteiger charge is 2.29. The molecule has 4 aromatic rings. The number of carbonyl (C=O) groups excluding carboxylic acids is 2. The lowest BCUT2D eigenvalue weighted by Gasteiger charge is -2.29. The van der Waals surface area contributed by atoms with Gasteiger partial charge in [0.2, 0.25) is 0 Å². The van der Waals surface area contributed by atoms with Crippen molar-refractivity contribution in [2.24, 2.45) is 7.05 Å². The summed E-state index contributed by atoms with van der Waals surface area (Å²) >= 11 is 0. The molecule has 1 N–H and O–H groups in total. The molecule has 9 heteroatoms. The third kappa shape index (κ3) is 4.97. The molecule has 1 unspecified atom stereocenters. The van der Waals surface area contributed by atoms with Crippen molar-refractivity contribution >= 4 is 28.5 Å². The number of rotatable bonds is 7. The zero-order valence-electron chi connectivity index (χ0n) is 22.7. The van der Waals surface area contributed by atoms with Gasteiger partial charge in [-0.05, 0) is 45.0 Å². The van der Waals surface area contributed by atoms with Gasteiger partial charge in [0.15, 0.2) is 6.10 Å². The van der Waals surface area contributed by atoms with E-state index in [2.05, 4.69) is 17.1 Å². The molecular formula is C30H33N5O4. The maximum atomic E-state index is 13.6. The average Bonchev–Trinajstić information content (AvgIpc) is 3.15. The molecule has 0 aliphatic carbocycles. The third-order valence-corrected chi connectivity index (χ3v) is 7.32. The van der Waals surface area contributed by atoms with Gasteiger partial charge < -0.3 is 10.1 Å². The molecule has 0 fully saturated rings. The van der Waals surface area contributed by atoms with E-state index in [1.807, 2.05) is 54.6 Å². The minimum absolute atomic E-state index is 0.149. The van der Waals surface area contributed by atoms with Gasteiger partial charge in [-0.3, -0.25) is 24.2 Å². The third-order valence-electron chi connectivity index (χ3n) is 7.32. The minimum atomic E-state index is -1.13. The number of para-hydroxylation sites is 2. The molecule has 1 aliphatic heterocycles. The number of benzene rings is 2. The van der Waals surface area contributed by atoms with Gasteiger partial charge in [0.25, 0.3) is 11.5 Å². The first-order chi connectivity index (χ1) is 18.8. The lowest BCUT2D eigenvalue weighted by Crippen LogP contribution is -2.35.